The maximum Gasteiger partial charge on any atom is 0.280 e. The quantitative estimate of drug-likeness (QED) is 0.525. The number of fused-ring (bicyclic) bond motifs is 1. The molecule has 0 radical (unpaired) electrons. The number of thiazole rings is 1. The molecule has 0 unspecified atom stereocenters. The third-order valence-corrected chi connectivity index (χ3v) is 6.07. The van der Waals surface area contributed by atoms with E-state index in [2.05, 4.69) is 18.9 Å². The fourth-order valence-electron chi connectivity index (χ4n) is 3.04. The zero-order valence-electron chi connectivity index (χ0n) is 17.6. The highest BCUT2D eigenvalue weighted by molar-refractivity contribution is 7.22. The third kappa shape index (κ3) is 4.91. The Morgan fingerprint density at radius 1 is 1.24 bits per heavy atom. The van der Waals surface area contributed by atoms with Gasteiger partial charge in [-0.3, -0.25) is 14.4 Å². The van der Waals surface area contributed by atoms with Gasteiger partial charge in [0, 0.05) is 29.8 Å². The van der Waals surface area contributed by atoms with Gasteiger partial charge in [0.15, 0.2) is 10.8 Å². The molecule has 3 rings (SSSR count). The molecular formula is C20H27Cl2N5OS. The lowest BCUT2D eigenvalue weighted by molar-refractivity contribution is 0.0979. The first-order valence-electron chi connectivity index (χ1n) is 9.27. The second kappa shape index (κ2) is 9.43. The highest BCUT2D eigenvalue weighted by Crippen LogP contribution is 2.34. The second-order valence-corrected chi connectivity index (χ2v) is 8.90. The molecule has 0 fully saturated rings. The summed E-state index contributed by atoms with van der Waals surface area (Å²) in [5, 5.41) is 5.89. The maximum absolute atomic E-state index is 13.3. The topological polar surface area (TPSA) is 54.3 Å². The molecule has 0 atom stereocenters. The maximum atomic E-state index is 13.3. The largest absolute Gasteiger partial charge is 0.308 e. The van der Waals surface area contributed by atoms with Crippen molar-refractivity contribution in [2.75, 3.05) is 32.1 Å². The van der Waals surface area contributed by atoms with Crippen molar-refractivity contribution < 1.29 is 4.79 Å². The molecule has 0 spiro atoms. The number of rotatable bonds is 6. The third-order valence-electron chi connectivity index (χ3n) is 4.61. The van der Waals surface area contributed by atoms with Crippen molar-refractivity contribution in [3.63, 3.8) is 0 Å². The molecule has 2 heterocycles. The lowest BCUT2D eigenvalue weighted by atomic mass is 10.2. The molecule has 0 saturated heterocycles. The van der Waals surface area contributed by atoms with E-state index in [-0.39, 0.29) is 24.4 Å². The fourth-order valence-corrected chi connectivity index (χ4v) is 4.24. The van der Waals surface area contributed by atoms with Crippen LogP contribution in [0.5, 0.6) is 0 Å². The molecule has 1 aromatic carbocycles. The first kappa shape index (κ1) is 23.6. The number of nitrogens with zero attached hydrogens (tertiary/aromatic N) is 5. The Bertz CT molecular complexity index is 1010. The summed E-state index contributed by atoms with van der Waals surface area (Å²) in [5.74, 6) is -0.132. The number of halogens is 2. The Morgan fingerprint density at radius 3 is 2.52 bits per heavy atom. The first-order valence-corrected chi connectivity index (χ1v) is 10.5. The molecule has 1 amide bonds. The number of aryl methyl sites for hydroxylation is 2. The van der Waals surface area contributed by atoms with E-state index in [0.717, 1.165) is 28.0 Å². The molecule has 0 bridgehead atoms. The molecule has 6 nitrogen and oxygen atoms in total. The highest BCUT2D eigenvalue weighted by Gasteiger charge is 2.25. The van der Waals surface area contributed by atoms with Crippen LogP contribution in [0.3, 0.4) is 0 Å². The molecule has 3 aromatic rings. The molecular weight excluding hydrogens is 429 g/mol. The van der Waals surface area contributed by atoms with Crippen molar-refractivity contribution in [3.05, 3.63) is 40.2 Å². The van der Waals surface area contributed by atoms with E-state index in [1.54, 1.807) is 4.90 Å². The van der Waals surface area contributed by atoms with E-state index in [9.17, 15) is 4.79 Å². The number of benzene rings is 1. The van der Waals surface area contributed by atoms with E-state index in [0.29, 0.717) is 22.4 Å². The van der Waals surface area contributed by atoms with Gasteiger partial charge >= 0.3 is 0 Å². The molecule has 0 aliphatic rings. The van der Waals surface area contributed by atoms with Gasteiger partial charge in [-0.05, 0) is 65.6 Å². The van der Waals surface area contributed by atoms with Crippen LogP contribution in [0.15, 0.2) is 18.2 Å². The number of likely N-dealkylation sites (N-methyl/N-ethyl adjacent to an activating group) is 1. The summed E-state index contributed by atoms with van der Waals surface area (Å²) in [6, 6.07) is 5.88. The zero-order chi connectivity index (χ0) is 20.6. The van der Waals surface area contributed by atoms with Gasteiger partial charge in [-0.1, -0.05) is 22.9 Å². The minimum absolute atomic E-state index is 0. The van der Waals surface area contributed by atoms with Gasteiger partial charge in [-0.25, -0.2) is 4.98 Å². The molecule has 9 heteroatoms. The minimum atomic E-state index is -0.132. The van der Waals surface area contributed by atoms with Crippen molar-refractivity contribution >= 4 is 56.6 Å². The van der Waals surface area contributed by atoms with Crippen molar-refractivity contribution in [1.29, 1.82) is 0 Å². The van der Waals surface area contributed by atoms with E-state index < -0.39 is 0 Å². The zero-order valence-corrected chi connectivity index (χ0v) is 20.0. The summed E-state index contributed by atoms with van der Waals surface area (Å²) in [4.78, 5) is 21.9. The summed E-state index contributed by atoms with van der Waals surface area (Å²) in [6.45, 7) is 9.29. The lowest BCUT2D eigenvalue weighted by Gasteiger charge is -2.21. The smallest absolute Gasteiger partial charge is 0.280 e. The van der Waals surface area contributed by atoms with E-state index in [1.807, 2.05) is 55.7 Å². The van der Waals surface area contributed by atoms with Crippen LogP contribution in [-0.4, -0.2) is 52.8 Å². The van der Waals surface area contributed by atoms with Gasteiger partial charge in [0.2, 0.25) is 0 Å². The Balaban J connectivity index is 0.00000300. The predicted molar refractivity (Wildman–Crippen MR) is 124 cm³/mol. The normalized spacial score (nSPS) is 11.3. The molecule has 29 heavy (non-hydrogen) atoms. The molecule has 2 aromatic heterocycles. The van der Waals surface area contributed by atoms with E-state index >= 15 is 0 Å². The van der Waals surface area contributed by atoms with Gasteiger partial charge in [0.25, 0.3) is 5.91 Å². The Morgan fingerprint density at radius 2 is 1.93 bits per heavy atom. The lowest BCUT2D eigenvalue weighted by Crippen LogP contribution is -2.37. The minimum Gasteiger partial charge on any atom is -0.308 e. The monoisotopic (exact) mass is 455 g/mol. The van der Waals surface area contributed by atoms with E-state index in [4.69, 9.17) is 16.6 Å². The van der Waals surface area contributed by atoms with Crippen molar-refractivity contribution in [2.45, 2.75) is 33.7 Å². The Kier molecular flexibility index (Phi) is 7.67. The molecule has 0 aliphatic heterocycles. The van der Waals surface area contributed by atoms with Crippen LogP contribution in [0.2, 0.25) is 5.02 Å². The number of hydrogen-bond donors (Lipinski definition) is 0. The van der Waals surface area contributed by atoms with Gasteiger partial charge in [0.05, 0.1) is 10.2 Å². The molecule has 0 N–H and O–H groups in total. The summed E-state index contributed by atoms with van der Waals surface area (Å²) in [5.41, 5.74) is 3.19. The van der Waals surface area contributed by atoms with Crippen molar-refractivity contribution in [1.82, 2.24) is 19.7 Å². The van der Waals surface area contributed by atoms with Crippen LogP contribution in [0.4, 0.5) is 5.13 Å². The van der Waals surface area contributed by atoms with Crippen molar-refractivity contribution in [3.8, 4) is 0 Å². The van der Waals surface area contributed by atoms with Crippen LogP contribution >= 0.6 is 35.3 Å². The summed E-state index contributed by atoms with van der Waals surface area (Å²) in [6.07, 6.45) is 0. The van der Waals surface area contributed by atoms with Crippen LogP contribution in [0.1, 0.15) is 41.6 Å². The standard InChI is InChI=1S/C20H26ClN5OS.ClH/c1-12(2)26-13(3)11-16(23-26)19(27)25(10-9-24(5)6)20-22-18-14(4)15(21)7-8-17(18)28-20;/h7-8,11-12H,9-10H2,1-6H3;1H. The fraction of sp³-hybridized carbons (Fsp3) is 0.450. The van der Waals surface area contributed by atoms with E-state index in [1.165, 1.54) is 11.3 Å². The average molecular weight is 456 g/mol. The number of hydrogen-bond acceptors (Lipinski definition) is 5. The number of aromatic nitrogens is 3. The van der Waals surface area contributed by atoms with Crippen LogP contribution in [-0.2, 0) is 0 Å². The van der Waals surface area contributed by atoms with Crippen LogP contribution in [0, 0.1) is 13.8 Å². The average Bonchev–Trinajstić information content (AvgIpc) is 3.22. The summed E-state index contributed by atoms with van der Waals surface area (Å²) in [7, 11) is 3.98. The predicted octanol–water partition coefficient (Wildman–Crippen LogP) is 4.97. The van der Waals surface area contributed by atoms with Gasteiger partial charge in [-0.15, -0.1) is 12.4 Å². The van der Waals surface area contributed by atoms with Gasteiger partial charge in [0.1, 0.15) is 0 Å². The summed E-state index contributed by atoms with van der Waals surface area (Å²) >= 11 is 7.75. The molecule has 158 valence electrons. The molecule has 0 saturated carbocycles. The Hall–Kier alpha value is -1.67. The van der Waals surface area contributed by atoms with Gasteiger partial charge < -0.3 is 4.90 Å². The Labute approximate surface area is 186 Å². The highest BCUT2D eigenvalue weighted by atomic mass is 35.5. The number of carbonyl (C=O) groups excluding carboxylic acids is 1. The summed E-state index contributed by atoms with van der Waals surface area (Å²) < 4.78 is 2.89. The molecule has 0 aliphatic carbocycles. The first-order chi connectivity index (χ1) is 13.2. The second-order valence-electron chi connectivity index (χ2n) is 7.48. The number of amides is 1. The number of carbonyl (C=O) groups is 1. The van der Waals surface area contributed by atoms with Crippen molar-refractivity contribution in [2.24, 2.45) is 0 Å². The van der Waals surface area contributed by atoms with Gasteiger partial charge in [-0.2, -0.15) is 5.10 Å². The van der Waals surface area contributed by atoms with Crippen LogP contribution in [0.25, 0.3) is 10.2 Å². The number of anilines is 1. The van der Waals surface area contributed by atoms with Crippen LogP contribution < -0.4 is 4.90 Å². The SMILES string of the molecule is Cc1c(Cl)ccc2sc(N(CCN(C)C)C(=O)c3cc(C)n(C(C)C)n3)nc12.Cl.